The Labute approximate surface area is 155 Å². The van der Waals surface area contributed by atoms with Crippen molar-refractivity contribution in [1.29, 1.82) is 0 Å². The maximum Gasteiger partial charge on any atom is 0.135 e. The van der Waals surface area contributed by atoms with Crippen molar-refractivity contribution >= 4 is 11.6 Å². The number of ether oxygens (including phenoxy) is 1. The first-order valence-corrected chi connectivity index (χ1v) is 9.59. The van der Waals surface area contributed by atoms with Gasteiger partial charge in [-0.15, -0.1) is 0 Å². The topological polar surface area (TPSA) is 63.2 Å². The highest BCUT2D eigenvalue weighted by Gasteiger charge is 2.27. The number of rotatable bonds is 5. The smallest absolute Gasteiger partial charge is 0.135 e. The van der Waals surface area contributed by atoms with Crippen molar-refractivity contribution in [3.05, 3.63) is 42.0 Å². The predicted octanol–water partition coefficient (Wildman–Crippen LogP) is 2.97. The summed E-state index contributed by atoms with van der Waals surface area (Å²) in [5, 5.41) is 3.31. The summed E-state index contributed by atoms with van der Waals surface area (Å²) in [6.45, 7) is 6.25. The van der Waals surface area contributed by atoms with Crippen LogP contribution >= 0.6 is 0 Å². The predicted molar refractivity (Wildman–Crippen MR) is 102 cm³/mol. The summed E-state index contributed by atoms with van der Waals surface area (Å²) in [4.78, 5) is 15.8. The highest BCUT2D eigenvalue weighted by molar-refractivity contribution is 5.55. The molecule has 0 aromatic carbocycles. The Morgan fingerprint density at radius 3 is 2.85 bits per heavy atom. The zero-order chi connectivity index (χ0) is 17.8. The van der Waals surface area contributed by atoms with Gasteiger partial charge in [-0.3, -0.25) is 4.90 Å². The van der Waals surface area contributed by atoms with Crippen LogP contribution in [0, 0.1) is 12.8 Å². The molecule has 0 spiro atoms. The summed E-state index contributed by atoms with van der Waals surface area (Å²) in [6.07, 6.45) is 8.14. The molecule has 0 radical (unpaired) electrons. The average Bonchev–Trinajstić information content (AvgIpc) is 3.19. The first kappa shape index (κ1) is 17.4. The molecule has 4 heterocycles. The Morgan fingerprint density at radius 1 is 1.19 bits per heavy atom. The van der Waals surface area contributed by atoms with E-state index in [0.717, 1.165) is 42.5 Å². The summed E-state index contributed by atoms with van der Waals surface area (Å²) in [5.41, 5.74) is 2.22. The van der Waals surface area contributed by atoms with E-state index in [0.29, 0.717) is 12.0 Å². The molecule has 2 aromatic heterocycles. The van der Waals surface area contributed by atoms with E-state index in [-0.39, 0.29) is 0 Å². The molecular formula is C20H27N5O. The Balaban J connectivity index is 1.33. The molecule has 138 valence electrons. The third kappa shape index (κ3) is 4.19. The molecule has 6 heteroatoms. The first-order valence-electron chi connectivity index (χ1n) is 9.59. The monoisotopic (exact) mass is 353 g/mol. The third-order valence-electron chi connectivity index (χ3n) is 5.55. The van der Waals surface area contributed by atoms with Gasteiger partial charge in [-0.2, -0.15) is 0 Å². The van der Waals surface area contributed by atoms with Gasteiger partial charge in [0.15, 0.2) is 0 Å². The fourth-order valence-corrected chi connectivity index (χ4v) is 3.94. The normalized spacial score (nSPS) is 21.8. The summed E-state index contributed by atoms with van der Waals surface area (Å²) in [5.74, 6) is 2.37. The molecule has 0 saturated carbocycles. The van der Waals surface area contributed by atoms with E-state index < -0.39 is 0 Å². The van der Waals surface area contributed by atoms with Crippen LogP contribution in [0.2, 0.25) is 0 Å². The molecule has 0 aliphatic carbocycles. The number of pyridine rings is 1. The minimum atomic E-state index is 0.646. The molecule has 0 bridgehead atoms. The minimum absolute atomic E-state index is 0.646. The number of aryl methyl sites for hydroxylation is 1. The molecule has 2 saturated heterocycles. The van der Waals surface area contributed by atoms with E-state index in [1.807, 2.05) is 19.1 Å². The number of nitrogens with zero attached hydrogens (tertiary/aromatic N) is 4. The second-order valence-electron chi connectivity index (χ2n) is 7.39. The van der Waals surface area contributed by atoms with Gasteiger partial charge in [-0.1, -0.05) is 6.07 Å². The lowest BCUT2D eigenvalue weighted by Gasteiger charge is -2.35. The quantitative estimate of drug-likeness (QED) is 0.892. The van der Waals surface area contributed by atoms with Crippen LogP contribution in [0.15, 0.2) is 30.7 Å². The summed E-state index contributed by atoms with van der Waals surface area (Å²) in [7, 11) is 0. The first-order chi connectivity index (χ1) is 12.8. The standard InChI is InChI=1S/C20H27N5O/c1-15-3-2-7-21-20(15)24-19-12-17(22-14-23-19)11-16-4-8-25(9-5-16)18-6-10-26-13-18/h2-3,7,12,14,16,18H,4-6,8-11,13H2,1H3,(H,21,22,23,24)/t18-/m1/s1. The van der Waals surface area contributed by atoms with Crippen LogP contribution in [0.25, 0.3) is 0 Å². The van der Waals surface area contributed by atoms with Gasteiger partial charge in [0.2, 0.25) is 0 Å². The van der Waals surface area contributed by atoms with Gasteiger partial charge in [0.25, 0.3) is 0 Å². The van der Waals surface area contributed by atoms with E-state index in [4.69, 9.17) is 4.74 Å². The van der Waals surface area contributed by atoms with Gasteiger partial charge in [0, 0.05) is 30.6 Å². The summed E-state index contributed by atoms with van der Waals surface area (Å²) >= 11 is 0. The summed E-state index contributed by atoms with van der Waals surface area (Å²) in [6, 6.07) is 6.69. The number of hydrogen-bond acceptors (Lipinski definition) is 6. The second kappa shape index (κ2) is 8.10. The molecule has 1 atom stereocenters. The lowest BCUT2D eigenvalue weighted by molar-refractivity contribution is 0.110. The van der Waals surface area contributed by atoms with E-state index in [1.54, 1.807) is 12.5 Å². The van der Waals surface area contributed by atoms with Crippen LogP contribution in [-0.4, -0.2) is 52.2 Å². The van der Waals surface area contributed by atoms with Crippen LogP contribution in [-0.2, 0) is 11.2 Å². The Hall–Kier alpha value is -2.05. The molecule has 2 aliphatic rings. The molecule has 2 aliphatic heterocycles. The number of likely N-dealkylation sites (tertiary alicyclic amines) is 1. The second-order valence-corrected chi connectivity index (χ2v) is 7.39. The van der Waals surface area contributed by atoms with Crippen molar-refractivity contribution in [1.82, 2.24) is 19.9 Å². The Kier molecular flexibility index (Phi) is 5.41. The SMILES string of the molecule is Cc1cccnc1Nc1cc(CC2CCN([C@@H]3CCOC3)CC2)ncn1. The Morgan fingerprint density at radius 2 is 2.08 bits per heavy atom. The molecular weight excluding hydrogens is 326 g/mol. The molecule has 0 amide bonds. The highest BCUT2D eigenvalue weighted by atomic mass is 16.5. The van der Waals surface area contributed by atoms with Crippen molar-refractivity contribution in [2.45, 2.75) is 38.6 Å². The van der Waals surface area contributed by atoms with Crippen molar-refractivity contribution in [2.75, 3.05) is 31.6 Å². The molecule has 2 fully saturated rings. The third-order valence-corrected chi connectivity index (χ3v) is 5.55. The minimum Gasteiger partial charge on any atom is -0.380 e. The van der Waals surface area contributed by atoms with Gasteiger partial charge in [-0.25, -0.2) is 15.0 Å². The fraction of sp³-hybridized carbons (Fsp3) is 0.550. The van der Waals surface area contributed by atoms with E-state index in [1.165, 1.54) is 32.4 Å². The number of hydrogen-bond donors (Lipinski definition) is 1. The van der Waals surface area contributed by atoms with E-state index >= 15 is 0 Å². The zero-order valence-electron chi connectivity index (χ0n) is 15.4. The van der Waals surface area contributed by atoms with Gasteiger partial charge in [0.05, 0.1) is 6.61 Å². The van der Waals surface area contributed by atoms with Crippen molar-refractivity contribution in [3.8, 4) is 0 Å². The van der Waals surface area contributed by atoms with Gasteiger partial charge < -0.3 is 10.1 Å². The molecule has 4 rings (SSSR count). The fourth-order valence-electron chi connectivity index (χ4n) is 3.94. The van der Waals surface area contributed by atoms with Crippen molar-refractivity contribution < 1.29 is 4.74 Å². The summed E-state index contributed by atoms with van der Waals surface area (Å²) < 4.78 is 5.53. The molecule has 1 N–H and O–H groups in total. The van der Waals surface area contributed by atoms with Crippen molar-refractivity contribution in [3.63, 3.8) is 0 Å². The van der Waals surface area contributed by atoms with Gasteiger partial charge in [-0.05, 0) is 63.2 Å². The molecule has 26 heavy (non-hydrogen) atoms. The van der Waals surface area contributed by atoms with E-state index in [9.17, 15) is 0 Å². The number of aromatic nitrogens is 3. The maximum absolute atomic E-state index is 5.53. The van der Waals surface area contributed by atoms with Gasteiger partial charge >= 0.3 is 0 Å². The lowest BCUT2D eigenvalue weighted by Crippen LogP contribution is -2.42. The highest BCUT2D eigenvalue weighted by Crippen LogP contribution is 2.25. The van der Waals surface area contributed by atoms with Crippen LogP contribution in [0.3, 0.4) is 0 Å². The average molecular weight is 353 g/mol. The number of piperidine rings is 1. The zero-order valence-corrected chi connectivity index (χ0v) is 15.4. The largest absolute Gasteiger partial charge is 0.380 e. The van der Waals surface area contributed by atoms with Crippen molar-refractivity contribution in [2.24, 2.45) is 5.92 Å². The maximum atomic E-state index is 5.53. The molecule has 2 aromatic rings. The van der Waals surface area contributed by atoms with Crippen LogP contribution in [0.1, 0.15) is 30.5 Å². The van der Waals surface area contributed by atoms with Crippen LogP contribution < -0.4 is 5.32 Å². The van der Waals surface area contributed by atoms with E-state index in [2.05, 4.69) is 31.2 Å². The van der Waals surface area contributed by atoms with Gasteiger partial charge in [0.1, 0.15) is 18.0 Å². The molecule has 0 unspecified atom stereocenters. The molecule has 6 nitrogen and oxygen atoms in total. The van der Waals surface area contributed by atoms with Crippen LogP contribution in [0.5, 0.6) is 0 Å². The number of nitrogens with one attached hydrogen (secondary N) is 1. The number of anilines is 2. The lowest BCUT2D eigenvalue weighted by atomic mass is 9.91. The Bertz CT molecular complexity index is 724. The van der Waals surface area contributed by atoms with Crippen LogP contribution in [0.4, 0.5) is 11.6 Å².